The van der Waals surface area contributed by atoms with Crippen molar-refractivity contribution < 1.29 is 4.79 Å². The molecule has 4 aromatic rings. The van der Waals surface area contributed by atoms with Gasteiger partial charge in [0.15, 0.2) is 0 Å². The largest absolute Gasteiger partial charge is 0.368 e. The first kappa shape index (κ1) is 21.3. The maximum absolute atomic E-state index is 13.2. The summed E-state index contributed by atoms with van der Waals surface area (Å²) >= 11 is 13.9. The van der Waals surface area contributed by atoms with Gasteiger partial charge in [-0.3, -0.25) is 9.48 Å². The van der Waals surface area contributed by atoms with Gasteiger partial charge in [-0.15, -0.1) is 11.3 Å². The van der Waals surface area contributed by atoms with E-state index in [4.69, 9.17) is 23.2 Å². The summed E-state index contributed by atoms with van der Waals surface area (Å²) in [4.78, 5) is 19.3. The standard InChI is InChI=1S/C24H22Cl2N4OS/c1-16-20-14-22(23(31)29-11-9-28(10-12-29)19-5-3-2-4-6-19)32-24(20)30(27-16)15-17-7-8-18(25)13-21(17)26/h2-8,13-14H,9-12,15H2,1H3. The molecule has 1 fully saturated rings. The smallest absolute Gasteiger partial charge is 0.264 e. The molecule has 0 radical (unpaired) electrons. The summed E-state index contributed by atoms with van der Waals surface area (Å²) in [6.07, 6.45) is 0. The van der Waals surface area contributed by atoms with Crippen LogP contribution in [0.15, 0.2) is 54.6 Å². The Kier molecular flexibility index (Phi) is 5.84. The van der Waals surface area contributed by atoms with E-state index in [1.54, 1.807) is 6.07 Å². The molecule has 0 saturated carbocycles. The molecule has 0 spiro atoms. The quantitative estimate of drug-likeness (QED) is 0.371. The summed E-state index contributed by atoms with van der Waals surface area (Å²) in [6.45, 7) is 5.61. The van der Waals surface area contributed by atoms with Crippen LogP contribution in [0, 0.1) is 6.92 Å². The van der Waals surface area contributed by atoms with E-state index in [1.807, 2.05) is 52.9 Å². The first-order valence-electron chi connectivity index (χ1n) is 10.5. The number of carbonyl (C=O) groups excluding carboxylic acids is 1. The number of aromatic nitrogens is 2. The van der Waals surface area contributed by atoms with Gasteiger partial charge in [0, 0.05) is 47.3 Å². The molecule has 2 aromatic carbocycles. The van der Waals surface area contributed by atoms with Gasteiger partial charge in [0.1, 0.15) is 4.83 Å². The molecule has 0 atom stereocenters. The van der Waals surface area contributed by atoms with E-state index in [0.29, 0.717) is 29.7 Å². The third-order valence-corrected chi connectivity index (χ3v) is 7.56. The highest BCUT2D eigenvalue weighted by atomic mass is 35.5. The van der Waals surface area contributed by atoms with Crippen LogP contribution < -0.4 is 4.90 Å². The van der Waals surface area contributed by atoms with E-state index in [0.717, 1.165) is 39.4 Å². The van der Waals surface area contributed by atoms with Gasteiger partial charge in [0.05, 0.1) is 17.1 Å². The number of anilines is 1. The summed E-state index contributed by atoms with van der Waals surface area (Å²) in [5.41, 5.74) is 3.06. The summed E-state index contributed by atoms with van der Waals surface area (Å²) in [6, 6.07) is 17.8. The van der Waals surface area contributed by atoms with Crippen LogP contribution in [0.1, 0.15) is 20.9 Å². The van der Waals surface area contributed by atoms with E-state index in [1.165, 1.54) is 17.0 Å². The topological polar surface area (TPSA) is 41.4 Å². The lowest BCUT2D eigenvalue weighted by atomic mass is 10.2. The van der Waals surface area contributed by atoms with Crippen molar-refractivity contribution in [2.45, 2.75) is 13.5 Å². The fourth-order valence-corrected chi connectivity index (χ4v) is 5.70. The Hall–Kier alpha value is -2.54. The number of halogens is 2. The Morgan fingerprint density at radius 2 is 1.78 bits per heavy atom. The van der Waals surface area contributed by atoms with Gasteiger partial charge < -0.3 is 9.80 Å². The maximum Gasteiger partial charge on any atom is 0.264 e. The van der Waals surface area contributed by atoms with Gasteiger partial charge in [-0.25, -0.2) is 0 Å². The minimum absolute atomic E-state index is 0.0920. The van der Waals surface area contributed by atoms with Crippen LogP contribution in [-0.4, -0.2) is 46.8 Å². The molecular formula is C24H22Cl2N4OS. The molecule has 0 unspecified atom stereocenters. The number of benzene rings is 2. The highest BCUT2D eigenvalue weighted by Gasteiger charge is 2.25. The number of aryl methyl sites for hydroxylation is 1. The summed E-state index contributed by atoms with van der Waals surface area (Å²) < 4.78 is 1.93. The molecule has 1 saturated heterocycles. The monoisotopic (exact) mass is 484 g/mol. The van der Waals surface area contributed by atoms with Crippen LogP contribution in [0.3, 0.4) is 0 Å². The number of fused-ring (bicyclic) bond motifs is 1. The Morgan fingerprint density at radius 3 is 2.50 bits per heavy atom. The molecular weight excluding hydrogens is 463 g/mol. The predicted molar refractivity (Wildman–Crippen MR) is 132 cm³/mol. The van der Waals surface area contributed by atoms with Crippen LogP contribution in [0.25, 0.3) is 10.2 Å². The number of rotatable bonds is 4. The minimum Gasteiger partial charge on any atom is -0.368 e. The molecule has 0 N–H and O–H groups in total. The number of hydrogen-bond donors (Lipinski definition) is 0. The number of nitrogens with zero attached hydrogens (tertiary/aromatic N) is 4. The van der Waals surface area contributed by atoms with Crippen LogP contribution in [0.2, 0.25) is 10.0 Å². The molecule has 5 nitrogen and oxygen atoms in total. The molecule has 1 amide bonds. The highest BCUT2D eigenvalue weighted by Crippen LogP contribution is 2.31. The second-order valence-electron chi connectivity index (χ2n) is 7.92. The molecule has 1 aliphatic rings. The van der Waals surface area contributed by atoms with Crippen LogP contribution >= 0.6 is 34.5 Å². The van der Waals surface area contributed by atoms with Crippen LogP contribution in [0.4, 0.5) is 5.69 Å². The van der Waals surface area contributed by atoms with E-state index < -0.39 is 0 Å². The van der Waals surface area contributed by atoms with Crippen molar-refractivity contribution in [1.29, 1.82) is 0 Å². The van der Waals surface area contributed by atoms with Crippen molar-refractivity contribution in [3.8, 4) is 0 Å². The Labute approximate surface area is 200 Å². The molecule has 5 rings (SSSR count). The van der Waals surface area contributed by atoms with Crippen molar-refractivity contribution in [3.63, 3.8) is 0 Å². The Bertz CT molecular complexity index is 1280. The van der Waals surface area contributed by atoms with E-state index >= 15 is 0 Å². The fourth-order valence-electron chi connectivity index (χ4n) is 4.10. The number of para-hydroxylation sites is 1. The lowest BCUT2D eigenvalue weighted by Crippen LogP contribution is -2.48. The number of carbonyl (C=O) groups is 1. The van der Waals surface area contributed by atoms with Crippen LogP contribution in [-0.2, 0) is 6.54 Å². The molecule has 2 aromatic heterocycles. The number of amides is 1. The van der Waals surface area contributed by atoms with E-state index in [-0.39, 0.29) is 5.91 Å². The van der Waals surface area contributed by atoms with Gasteiger partial charge >= 0.3 is 0 Å². The summed E-state index contributed by atoms with van der Waals surface area (Å²) in [5.74, 6) is 0.0920. The first-order valence-corrected chi connectivity index (χ1v) is 12.1. The van der Waals surface area contributed by atoms with Gasteiger partial charge in [-0.2, -0.15) is 5.10 Å². The van der Waals surface area contributed by atoms with Crippen LogP contribution in [0.5, 0.6) is 0 Å². The fraction of sp³-hybridized carbons (Fsp3) is 0.250. The lowest BCUT2D eigenvalue weighted by Gasteiger charge is -2.35. The van der Waals surface area contributed by atoms with E-state index in [9.17, 15) is 4.79 Å². The van der Waals surface area contributed by atoms with Crippen molar-refractivity contribution in [1.82, 2.24) is 14.7 Å². The van der Waals surface area contributed by atoms with Crippen molar-refractivity contribution >= 4 is 56.3 Å². The number of thiophene rings is 1. The molecule has 0 bridgehead atoms. The van der Waals surface area contributed by atoms with E-state index in [2.05, 4.69) is 22.1 Å². The second-order valence-corrected chi connectivity index (χ2v) is 9.80. The molecule has 0 aliphatic carbocycles. The van der Waals surface area contributed by atoms with Gasteiger partial charge in [0.25, 0.3) is 5.91 Å². The van der Waals surface area contributed by atoms with Crippen molar-refractivity contribution in [2.75, 3.05) is 31.1 Å². The molecule has 8 heteroatoms. The zero-order valence-corrected chi connectivity index (χ0v) is 19.9. The molecule has 164 valence electrons. The average Bonchev–Trinajstić information content (AvgIpc) is 3.37. The summed E-state index contributed by atoms with van der Waals surface area (Å²) in [5, 5.41) is 6.91. The van der Waals surface area contributed by atoms with Gasteiger partial charge in [-0.1, -0.05) is 47.5 Å². The zero-order chi connectivity index (χ0) is 22.2. The van der Waals surface area contributed by atoms with Gasteiger partial charge in [-0.05, 0) is 42.8 Å². The second kappa shape index (κ2) is 8.77. The molecule has 3 heterocycles. The van der Waals surface area contributed by atoms with Gasteiger partial charge in [0.2, 0.25) is 0 Å². The lowest BCUT2D eigenvalue weighted by molar-refractivity contribution is 0.0751. The third-order valence-electron chi connectivity index (χ3n) is 5.84. The third kappa shape index (κ3) is 4.10. The first-order chi connectivity index (χ1) is 15.5. The predicted octanol–water partition coefficient (Wildman–Crippen LogP) is 5.72. The van der Waals surface area contributed by atoms with Crippen molar-refractivity contribution in [3.05, 3.63) is 80.8 Å². The maximum atomic E-state index is 13.2. The normalized spacial score (nSPS) is 14.3. The number of hydrogen-bond acceptors (Lipinski definition) is 4. The average molecular weight is 485 g/mol. The number of piperazine rings is 1. The molecule has 1 aliphatic heterocycles. The SMILES string of the molecule is Cc1nn(Cc2ccc(Cl)cc2Cl)c2sc(C(=O)N3CCN(c4ccccc4)CC3)cc12. The zero-order valence-electron chi connectivity index (χ0n) is 17.6. The minimum atomic E-state index is 0.0920. The highest BCUT2D eigenvalue weighted by molar-refractivity contribution is 7.20. The Morgan fingerprint density at radius 1 is 1.03 bits per heavy atom. The van der Waals surface area contributed by atoms with Crippen molar-refractivity contribution in [2.24, 2.45) is 0 Å². The molecule has 32 heavy (non-hydrogen) atoms. The Balaban J connectivity index is 1.34. The summed E-state index contributed by atoms with van der Waals surface area (Å²) in [7, 11) is 0.